The predicted octanol–water partition coefficient (Wildman–Crippen LogP) is 2.08. The maximum atomic E-state index is 5.80. The van der Waals surface area contributed by atoms with E-state index in [1.54, 1.807) is 0 Å². The van der Waals surface area contributed by atoms with Crippen LogP contribution in [0, 0.1) is 0 Å². The molecule has 2 rings (SSSR count). The van der Waals surface area contributed by atoms with E-state index in [4.69, 9.17) is 4.74 Å². The first-order valence-electron chi connectivity index (χ1n) is 5.16. The van der Waals surface area contributed by atoms with Crippen LogP contribution in [0.5, 0.6) is 0 Å². The third-order valence-corrected chi connectivity index (χ3v) is 3.00. The second kappa shape index (κ2) is 4.11. The molecule has 0 aromatic heterocycles. The summed E-state index contributed by atoms with van der Waals surface area (Å²) in [5, 5.41) is 0. The summed E-state index contributed by atoms with van der Waals surface area (Å²) in [4.78, 5) is 2.35. The lowest BCUT2D eigenvalue weighted by Gasteiger charge is -2.37. The molecule has 76 valence electrons. The Labute approximate surface area is 85.5 Å². The summed E-state index contributed by atoms with van der Waals surface area (Å²) in [5.74, 6) is 0. The number of rotatable bonds is 1. The average molecular weight is 191 g/mol. The number of hydrogen-bond donors (Lipinski definition) is 0. The summed E-state index contributed by atoms with van der Waals surface area (Å²) >= 11 is 0. The average Bonchev–Trinajstić information content (AvgIpc) is 2.23. The number of morpholine rings is 1. The molecule has 0 amide bonds. The van der Waals surface area contributed by atoms with Crippen molar-refractivity contribution >= 4 is 0 Å². The minimum atomic E-state index is 0.231. The normalized spacial score (nSPS) is 29.0. The molecule has 1 aromatic carbocycles. The quantitative estimate of drug-likeness (QED) is 0.674. The van der Waals surface area contributed by atoms with Crippen molar-refractivity contribution in [2.45, 2.75) is 19.1 Å². The van der Waals surface area contributed by atoms with Crippen molar-refractivity contribution in [1.82, 2.24) is 4.90 Å². The van der Waals surface area contributed by atoms with Gasteiger partial charge in [0.2, 0.25) is 0 Å². The molecule has 0 bridgehead atoms. The van der Waals surface area contributed by atoms with Crippen LogP contribution in [-0.2, 0) is 4.74 Å². The van der Waals surface area contributed by atoms with Crippen LogP contribution in [-0.4, -0.2) is 31.1 Å². The molecule has 2 atom stereocenters. The van der Waals surface area contributed by atoms with E-state index in [1.165, 1.54) is 5.56 Å². The van der Waals surface area contributed by atoms with Gasteiger partial charge in [0, 0.05) is 12.6 Å². The minimum Gasteiger partial charge on any atom is -0.371 e. The molecule has 1 aliphatic heterocycles. The zero-order chi connectivity index (χ0) is 9.97. The van der Waals surface area contributed by atoms with Crippen molar-refractivity contribution in [3.63, 3.8) is 0 Å². The van der Waals surface area contributed by atoms with Gasteiger partial charge in [-0.1, -0.05) is 30.3 Å². The van der Waals surface area contributed by atoms with Gasteiger partial charge >= 0.3 is 0 Å². The fourth-order valence-corrected chi connectivity index (χ4v) is 1.92. The van der Waals surface area contributed by atoms with E-state index in [0.717, 1.165) is 13.2 Å². The SMILES string of the molecule is C[C@H]1[C@@H](c2ccccc2)OCCN1C. The van der Waals surface area contributed by atoms with E-state index in [-0.39, 0.29) is 6.10 Å². The highest BCUT2D eigenvalue weighted by atomic mass is 16.5. The smallest absolute Gasteiger partial charge is 0.0977 e. The molecule has 0 radical (unpaired) electrons. The summed E-state index contributed by atoms with van der Waals surface area (Å²) in [6.45, 7) is 4.09. The molecule has 0 saturated carbocycles. The fraction of sp³-hybridized carbons (Fsp3) is 0.500. The van der Waals surface area contributed by atoms with Gasteiger partial charge in [-0.25, -0.2) is 0 Å². The van der Waals surface area contributed by atoms with Crippen LogP contribution in [0.4, 0.5) is 0 Å². The Morgan fingerprint density at radius 3 is 2.71 bits per heavy atom. The molecule has 1 aromatic rings. The first kappa shape index (κ1) is 9.69. The van der Waals surface area contributed by atoms with E-state index in [0.29, 0.717) is 6.04 Å². The van der Waals surface area contributed by atoms with Gasteiger partial charge in [0.25, 0.3) is 0 Å². The highest BCUT2D eigenvalue weighted by molar-refractivity contribution is 5.19. The molecule has 2 nitrogen and oxygen atoms in total. The maximum absolute atomic E-state index is 5.80. The van der Waals surface area contributed by atoms with Crippen molar-refractivity contribution in [1.29, 1.82) is 0 Å². The molecule has 1 heterocycles. The van der Waals surface area contributed by atoms with Gasteiger partial charge in [-0.3, -0.25) is 4.90 Å². The molecule has 0 aliphatic carbocycles. The van der Waals surface area contributed by atoms with Gasteiger partial charge in [0.1, 0.15) is 0 Å². The zero-order valence-corrected chi connectivity index (χ0v) is 8.81. The Morgan fingerprint density at radius 2 is 2.00 bits per heavy atom. The van der Waals surface area contributed by atoms with Gasteiger partial charge in [0.15, 0.2) is 0 Å². The van der Waals surface area contributed by atoms with E-state index in [2.05, 4.69) is 43.1 Å². The lowest BCUT2D eigenvalue weighted by Crippen LogP contribution is -2.42. The predicted molar refractivity (Wildman–Crippen MR) is 57.2 cm³/mol. The van der Waals surface area contributed by atoms with Gasteiger partial charge in [-0.2, -0.15) is 0 Å². The third kappa shape index (κ3) is 1.81. The van der Waals surface area contributed by atoms with Gasteiger partial charge in [-0.05, 0) is 19.5 Å². The number of nitrogens with zero attached hydrogens (tertiary/aromatic N) is 1. The number of benzene rings is 1. The molecule has 14 heavy (non-hydrogen) atoms. The first-order valence-corrected chi connectivity index (χ1v) is 5.16. The van der Waals surface area contributed by atoms with E-state index >= 15 is 0 Å². The van der Waals surface area contributed by atoms with E-state index in [9.17, 15) is 0 Å². The van der Waals surface area contributed by atoms with Gasteiger partial charge in [-0.15, -0.1) is 0 Å². The second-order valence-corrected chi connectivity index (χ2v) is 3.92. The third-order valence-electron chi connectivity index (χ3n) is 3.00. The minimum absolute atomic E-state index is 0.231. The van der Waals surface area contributed by atoms with E-state index < -0.39 is 0 Å². The van der Waals surface area contributed by atoms with Crippen LogP contribution < -0.4 is 0 Å². The van der Waals surface area contributed by atoms with Crippen LogP contribution in [0.25, 0.3) is 0 Å². The van der Waals surface area contributed by atoms with Crippen molar-refractivity contribution in [3.8, 4) is 0 Å². The number of likely N-dealkylation sites (N-methyl/N-ethyl adjacent to an activating group) is 1. The second-order valence-electron chi connectivity index (χ2n) is 3.92. The summed E-state index contributed by atoms with van der Waals surface area (Å²) in [6.07, 6.45) is 0.231. The highest BCUT2D eigenvalue weighted by Crippen LogP contribution is 2.26. The molecule has 1 aliphatic rings. The van der Waals surface area contributed by atoms with Gasteiger partial charge < -0.3 is 4.74 Å². The standard InChI is InChI=1S/C12H17NO/c1-10-12(14-9-8-13(10)2)11-6-4-3-5-7-11/h3-7,10,12H,8-9H2,1-2H3/t10-,12-/m0/s1. The molecule has 0 N–H and O–H groups in total. The van der Waals surface area contributed by atoms with Crippen molar-refractivity contribution < 1.29 is 4.74 Å². The molecule has 1 fully saturated rings. The first-order chi connectivity index (χ1) is 6.79. The Balaban J connectivity index is 2.17. The number of ether oxygens (including phenoxy) is 1. The summed E-state index contributed by atoms with van der Waals surface area (Å²) in [6, 6.07) is 10.9. The molecule has 0 unspecified atom stereocenters. The van der Waals surface area contributed by atoms with Crippen LogP contribution in [0.15, 0.2) is 30.3 Å². The van der Waals surface area contributed by atoms with Gasteiger partial charge in [0.05, 0.1) is 12.7 Å². The fourth-order valence-electron chi connectivity index (χ4n) is 1.92. The largest absolute Gasteiger partial charge is 0.371 e. The molecule has 2 heteroatoms. The Bertz CT molecular complexity index is 286. The Hall–Kier alpha value is -0.860. The lowest BCUT2D eigenvalue weighted by molar-refractivity contribution is -0.0571. The zero-order valence-electron chi connectivity index (χ0n) is 8.81. The van der Waals surface area contributed by atoms with Crippen molar-refractivity contribution in [2.24, 2.45) is 0 Å². The van der Waals surface area contributed by atoms with Crippen molar-refractivity contribution in [2.75, 3.05) is 20.2 Å². The van der Waals surface area contributed by atoms with Crippen LogP contribution in [0.3, 0.4) is 0 Å². The highest BCUT2D eigenvalue weighted by Gasteiger charge is 2.27. The van der Waals surface area contributed by atoms with Crippen molar-refractivity contribution in [3.05, 3.63) is 35.9 Å². The molecule has 1 saturated heterocycles. The Kier molecular flexibility index (Phi) is 2.85. The number of hydrogen-bond acceptors (Lipinski definition) is 2. The Morgan fingerprint density at radius 1 is 1.29 bits per heavy atom. The summed E-state index contributed by atoms with van der Waals surface area (Å²) in [7, 11) is 2.16. The summed E-state index contributed by atoms with van der Waals surface area (Å²) in [5.41, 5.74) is 1.28. The topological polar surface area (TPSA) is 12.5 Å². The van der Waals surface area contributed by atoms with E-state index in [1.807, 2.05) is 6.07 Å². The molecule has 0 spiro atoms. The monoisotopic (exact) mass is 191 g/mol. The molecular formula is C12H17NO. The maximum Gasteiger partial charge on any atom is 0.0977 e. The molecular weight excluding hydrogens is 174 g/mol. The van der Waals surface area contributed by atoms with Crippen LogP contribution in [0.2, 0.25) is 0 Å². The summed E-state index contributed by atoms with van der Waals surface area (Å²) < 4.78 is 5.80. The van der Waals surface area contributed by atoms with Crippen LogP contribution >= 0.6 is 0 Å². The lowest BCUT2D eigenvalue weighted by atomic mass is 10.0. The van der Waals surface area contributed by atoms with Crippen LogP contribution in [0.1, 0.15) is 18.6 Å².